The van der Waals surface area contributed by atoms with Gasteiger partial charge in [0.05, 0.1) is 18.2 Å². The van der Waals surface area contributed by atoms with Crippen LogP contribution in [0, 0.1) is 0 Å². The number of hydrogen-bond donors (Lipinski definition) is 3. The van der Waals surface area contributed by atoms with Crippen LogP contribution in [0.4, 0.5) is 0 Å². The van der Waals surface area contributed by atoms with Gasteiger partial charge in [0.2, 0.25) is 0 Å². The Morgan fingerprint density at radius 1 is 1.22 bits per heavy atom. The third kappa shape index (κ3) is 11.8. The number of carbonyl (C=O) groups is 2. The lowest BCUT2D eigenvalue weighted by atomic mass is 10.3. The van der Waals surface area contributed by atoms with E-state index in [1.54, 1.807) is 7.11 Å². The van der Waals surface area contributed by atoms with E-state index >= 15 is 0 Å². The van der Waals surface area contributed by atoms with Gasteiger partial charge in [-0.05, 0) is 31.2 Å². The van der Waals surface area contributed by atoms with Crippen molar-refractivity contribution in [1.29, 1.82) is 0 Å². The van der Waals surface area contributed by atoms with E-state index in [0.29, 0.717) is 11.6 Å². The number of carboxylic acids is 2. The number of carboxylic acid groups (broad SMARTS) is 2. The lowest BCUT2D eigenvalue weighted by molar-refractivity contribution is -0.159. The highest BCUT2D eigenvalue weighted by molar-refractivity contribution is 9.10. The summed E-state index contributed by atoms with van der Waals surface area (Å²) < 4.78 is 11.5. The molecule has 23 heavy (non-hydrogen) atoms. The number of aliphatic carboxylic acids is 2. The molecule has 0 spiro atoms. The fourth-order valence-corrected chi connectivity index (χ4v) is 2.00. The Labute approximate surface area is 147 Å². The second-order valence-corrected chi connectivity index (χ2v) is 5.45. The van der Waals surface area contributed by atoms with Crippen LogP contribution in [-0.4, -0.2) is 55.6 Å². The maximum Gasteiger partial charge on any atom is 0.414 e. The van der Waals surface area contributed by atoms with Crippen LogP contribution in [0.15, 0.2) is 22.7 Å². The first-order chi connectivity index (χ1) is 10.9. The Hall–Kier alpha value is -1.35. The summed E-state index contributed by atoms with van der Waals surface area (Å²) in [5.74, 6) is -2.92. The minimum Gasteiger partial charge on any atom is -0.492 e. The van der Waals surface area contributed by atoms with Crippen molar-refractivity contribution in [2.24, 2.45) is 0 Å². The maximum atomic E-state index is 9.10. The number of hydrogen-bond acceptors (Lipinski definition) is 5. The first-order valence-corrected chi connectivity index (χ1v) is 7.79. The topological polar surface area (TPSA) is 105 Å². The summed E-state index contributed by atoms with van der Waals surface area (Å²) in [6.07, 6.45) is 0.941. The van der Waals surface area contributed by atoms with Gasteiger partial charge in [-0.1, -0.05) is 27.5 Å². The predicted octanol–water partition coefficient (Wildman–Crippen LogP) is 2.26. The predicted molar refractivity (Wildman–Crippen MR) is 89.3 cm³/mol. The van der Waals surface area contributed by atoms with Crippen molar-refractivity contribution >= 4 is 39.5 Å². The van der Waals surface area contributed by atoms with E-state index in [1.807, 2.05) is 18.2 Å². The molecule has 3 N–H and O–H groups in total. The van der Waals surface area contributed by atoms with Gasteiger partial charge in [-0.2, -0.15) is 0 Å². The van der Waals surface area contributed by atoms with Crippen molar-refractivity contribution in [3.05, 3.63) is 27.7 Å². The normalized spacial score (nSPS) is 9.70. The molecule has 0 bridgehead atoms. The Morgan fingerprint density at radius 2 is 1.87 bits per heavy atom. The average Bonchev–Trinajstić information content (AvgIpc) is 2.48. The number of ether oxygens (including phenoxy) is 2. The van der Waals surface area contributed by atoms with Crippen LogP contribution < -0.4 is 10.1 Å². The molecule has 9 heteroatoms. The lowest BCUT2D eigenvalue weighted by Crippen LogP contribution is -2.21. The maximum absolute atomic E-state index is 9.10. The van der Waals surface area contributed by atoms with Crippen molar-refractivity contribution in [2.45, 2.75) is 6.42 Å². The third-order valence-corrected chi connectivity index (χ3v) is 3.10. The van der Waals surface area contributed by atoms with E-state index in [0.717, 1.165) is 36.3 Å². The first kappa shape index (κ1) is 21.6. The van der Waals surface area contributed by atoms with Gasteiger partial charge in [0, 0.05) is 18.1 Å². The highest BCUT2D eigenvalue weighted by Crippen LogP contribution is 2.27. The Morgan fingerprint density at radius 3 is 2.39 bits per heavy atom. The number of halogens is 2. The van der Waals surface area contributed by atoms with Gasteiger partial charge in [-0.3, -0.25) is 0 Å². The van der Waals surface area contributed by atoms with Crippen molar-refractivity contribution < 1.29 is 29.3 Å². The second-order valence-electron chi connectivity index (χ2n) is 4.13. The molecule has 0 aliphatic heterocycles. The molecule has 1 aromatic carbocycles. The quantitative estimate of drug-likeness (QED) is 0.444. The van der Waals surface area contributed by atoms with Crippen LogP contribution >= 0.6 is 27.5 Å². The fourth-order valence-electron chi connectivity index (χ4n) is 1.27. The summed E-state index contributed by atoms with van der Waals surface area (Å²) in [7, 11) is 1.69. The third-order valence-electron chi connectivity index (χ3n) is 2.32. The van der Waals surface area contributed by atoms with Crippen molar-refractivity contribution in [2.75, 3.05) is 33.4 Å². The highest BCUT2D eigenvalue weighted by Gasteiger charge is 2.04. The zero-order valence-corrected chi connectivity index (χ0v) is 14.9. The zero-order chi connectivity index (χ0) is 17.7. The Balaban J connectivity index is 0.000000688. The molecule has 0 fully saturated rings. The molecule has 0 heterocycles. The van der Waals surface area contributed by atoms with Gasteiger partial charge in [0.1, 0.15) is 5.75 Å². The van der Waals surface area contributed by atoms with Crippen molar-refractivity contribution in [1.82, 2.24) is 5.32 Å². The molecule has 0 atom stereocenters. The molecular formula is C14H19BrClNO6. The van der Waals surface area contributed by atoms with E-state index in [2.05, 4.69) is 21.2 Å². The van der Waals surface area contributed by atoms with Crippen LogP contribution in [0.25, 0.3) is 0 Å². The second kappa shape index (κ2) is 13.1. The van der Waals surface area contributed by atoms with Crippen molar-refractivity contribution in [3.8, 4) is 5.75 Å². The summed E-state index contributed by atoms with van der Waals surface area (Å²) in [6, 6.07) is 5.61. The van der Waals surface area contributed by atoms with Crippen LogP contribution in [0.2, 0.25) is 5.02 Å². The van der Waals surface area contributed by atoms with Crippen molar-refractivity contribution in [3.63, 3.8) is 0 Å². The van der Waals surface area contributed by atoms with Gasteiger partial charge in [-0.25, -0.2) is 9.59 Å². The van der Waals surface area contributed by atoms with E-state index in [1.165, 1.54) is 0 Å². The molecule has 0 unspecified atom stereocenters. The number of nitrogens with one attached hydrogen (secondary N) is 1. The number of methoxy groups -OCH3 is 1. The highest BCUT2D eigenvalue weighted by atomic mass is 79.9. The fraction of sp³-hybridized carbons (Fsp3) is 0.429. The molecule has 0 aromatic heterocycles. The molecular weight excluding hydrogens is 394 g/mol. The van der Waals surface area contributed by atoms with Crippen LogP contribution in [0.5, 0.6) is 5.75 Å². The molecule has 1 aromatic rings. The van der Waals surface area contributed by atoms with Crippen LogP contribution in [0.3, 0.4) is 0 Å². The summed E-state index contributed by atoms with van der Waals surface area (Å²) in [5.41, 5.74) is 0. The summed E-state index contributed by atoms with van der Waals surface area (Å²) >= 11 is 9.38. The molecule has 0 saturated heterocycles. The lowest BCUT2D eigenvalue weighted by Gasteiger charge is -2.08. The molecule has 1 rings (SSSR count). The number of benzene rings is 1. The molecule has 0 radical (unpaired) electrons. The first-order valence-electron chi connectivity index (χ1n) is 6.62. The molecule has 0 aliphatic carbocycles. The van der Waals surface area contributed by atoms with E-state index in [-0.39, 0.29) is 0 Å². The molecule has 0 aliphatic rings. The van der Waals surface area contributed by atoms with Crippen LogP contribution in [-0.2, 0) is 14.3 Å². The monoisotopic (exact) mass is 411 g/mol. The van der Waals surface area contributed by atoms with E-state index < -0.39 is 11.9 Å². The zero-order valence-electron chi connectivity index (χ0n) is 12.6. The summed E-state index contributed by atoms with van der Waals surface area (Å²) in [4.78, 5) is 18.2. The van der Waals surface area contributed by atoms with Gasteiger partial charge < -0.3 is 25.0 Å². The van der Waals surface area contributed by atoms with Gasteiger partial charge in [0.25, 0.3) is 0 Å². The largest absolute Gasteiger partial charge is 0.492 e. The molecule has 130 valence electrons. The van der Waals surface area contributed by atoms with E-state index in [4.69, 9.17) is 40.9 Å². The minimum absolute atomic E-state index is 0.631. The van der Waals surface area contributed by atoms with Gasteiger partial charge >= 0.3 is 11.9 Å². The van der Waals surface area contributed by atoms with Gasteiger partial charge in [-0.15, -0.1) is 0 Å². The van der Waals surface area contributed by atoms with Gasteiger partial charge in [0.15, 0.2) is 0 Å². The van der Waals surface area contributed by atoms with Crippen LogP contribution in [0.1, 0.15) is 6.42 Å². The summed E-state index contributed by atoms with van der Waals surface area (Å²) in [6.45, 7) is 3.17. The average molecular weight is 413 g/mol. The molecule has 7 nitrogen and oxygen atoms in total. The standard InChI is InChI=1S/C12H17BrClNO2.C2H2O4/c1-16-8-6-15-5-2-7-17-12-4-3-10(13)9-11(12)14;3-1(4)2(5)6/h3-4,9,15H,2,5-8H2,1H3;(H,3,4)(H,5,6). The Bertz CT molecular complexity index is 488. The number of rotatable bonds is 8. The Kier molecular flexibility index (Phi) is 12.4. The summed E-state index contributed by atoms with van der Waals surface area (Å²) in [5, 5.41) is 18.7. The minimum atomic E-state index is -1.82. The molecule has 0 saturated carbocycles. The van der Waals surface area contributed by atoms with E-state index in [9.17, 15) is 0 Å². The molecule has 0 amide bonds. The smallest absolute Gasteiger partial charge is 0.414 e. The SMILES string of the molecule is COCCNCCCOc1ccc(Br)cc1Cl.O=C(O)C(=O)O.